The monoisotopic (exact) mass is 487 g/mol. The minimum atomic E-state index is -4.26. The predicted octanol–water partition coefficient (Wildman–Crippen LogP) is 4.99. The molecule has 3 aromatic rings. The third-order valence-corrected chi connectivity index (χ3v) is 6.48. The molecule has 0 bridgehead atoms. The lowest BCUT2D eigenvalue weighted by Crippen LogP contribution is -2.12. The summed E-state index contributed by atoms with van der Waals surface area (Å²) in [6.07, 6.45) is 0.947. The van der Waals surface area contributed by atoms with Crippen LogP contribution < -0.4 is 11.1 Å². The molecule has 166 valence electrons. The van der Waals surface area contributed by atoms with Gasteiger partial charge in [-0.1, -0.05) is 12.1 Å². The molecule has 2 heterocycles. The Labute approximate surface area is 189 Å². The zero-order valence-corrected chi connectivity index (χ0v) is 19.3. The van der Waals surface area contributed by atoms with E-state index in [0.29, 0.717) is 17.7 Å². The van der Waals surface area contributed by atoms with Crippen LogP contribution in [0.3, 0.4) is 0 Å². The van der Waals surface area contributed by atoms with Gasteiger partial charge in [0.1, 0.15) is 6.29 Å². The average Bonchev–Trinajstić information content (AvgIpc) is 3.35. The maximum Gasteiger partial charge on any atom is 0.446 e. The van der Waals surface area contributed by atoms with Gasteiger partial charge >= 0.3 is 5.51 Å². The second-order valence-electron chi connectivity index (χ2n) is 5.89. The normalized spacial score (nSPS) is 11.6. The Kier molecular flexibility index (Phi) is 9.01. The largest absolute Gasteiger partial charge is 0.446 e. The summed E-state index contributed by atoms with van der Waals surface area (Å²) in [5.41, 5.74) is 4.08. The van der Waals surface area contributed by atoms with Crippen molar-refractivity contribution in [1.29, 1.82) is 0 Å². The number of carbonyl (C=O) groups excluding carboxylic acids is 1. The van der Waals surface area contributed by atoms with Gasteiger partial charge in [0.05, 0.1) is 16.3 Å². The number of rotatable bonds is 6. The summed E-state index contributed by atoms with van der Waals surface area (Å²) < 4.78 is 35.7. The van der Waals surface area contributed by atoms with Crippen molar-refractivity contribution in [3.05, 3.63) is 45.9 Å². The molecule has 0 aliphatic carbocycles. The van der Waals surface area contributed by atoms with Gasteiger partial charge in [-0.25, -0.2) is 9.97 Å². The summed E-state index contributed by atoms with van der Waals surface area (Å²) in [5, 5.41) is 6.67. The Bertz CT molecular complexity index is 1030. The molecule has 0 amide bonds. The van der Waals surface area contributed by atoms with Crippen molar-refractivity contribution in [3.8, 4) is 10.6 Å². The highest BCUT2D eigenvalue weighted by Gasteiger charge is 2.28. The number of halogens is 3. The van der Waals surface area contributed by atoms with Gasteiger partial charge in [-0.2, -0.15) is 13.2 Å². The molecule has 3 rings (SSSR count). The number of hydrogen-bond acceptors (Lipinski definition) is 8. The maximum absolute atomic E-state index is 11.9. The Morgan fingerprint density at radius 2 is 1.97 bits per heavy atom. The smallest absolute Gasteiger partial charge is 0.382 e. The summed E-state index contributed by atoms with van der Waals surface area (Å²) in [6, 6.07) is 5.75. The van der Waals surface area contributed by atoms with E-state index in [2.05, 4.69) is 20.3 Å². The predicted molar refractivity (Wildman–Crippen MR) is 122 cm³/mol. The van der Waals surface area contributed by atoms with E-state index >= 15 is 0 Å². The molecule has 6 nitrogen and oxygen atoms in total. The number of thioether (sulfide) groups is 1. The van der Waals surface area contributed by atoms with Gasteiger partial charge in [-0.05, 0) is 36.4 Å². The van der Waals surface area contributed by atoms with Crippen LogP contribution in [0, 0.1) is 6.92 Å². The Morgan fingerprint density at radius 3 is 2.48 bits per heavy atom. The third-order valence-electron chi connectivity index (χ3n) is 3.68. The number of nitrogens with one attached hydrogen (secondary N) is 1. The van der Waals surface area contributed by atoms with E-state index in [1.54, 1.807) is 18.4 Å². The fraction of sp³-hybridized carbons (Fsp3) is 0.263. The topological polar surface area (TPSA) is 93.3 Å². The Hall–Kier alpha value is -2.44. The first-order valence-electron chi connectivity index (χ1n) is 8.78. The van der Waals surface area contributed by atoms with Crippen LogP contribution in [-0.4, -0.2) is 41.7 Å². The molecule has 0 saturated heterocycles. The van der Waals surface area contributed by atoms with Crippen LogP contribution in [0.15, 0.2) is 39.5 Å². The van der Waals surface area contributed by atoms with Gasteiger partial charge in [-0.3, -0.25) is 4.99 Å². The first-order chi connectivity index (χ1) is 14.7. The second kappa shape index (κ2) is 11.3. The Morgan fingerprint density at radius 1 is 1.29 bits per heavy atom. The number of aliphatic imine (C=N–C) groups is 1. The minimum absolute atomic E-state index is 0.132. The lowest BCUT2D eigenvalue weighted by molar-refractivity contribution is -0.107. The van der Waals surface area contributed by atoms with Crippen molar-refractivity contribution in [2.24, 2.45) is 10.7 Å². The lowest BCUT2D eigenvalue weighted by atomic mass is 10.2. The highest BCUT2D eigenvalue weighted by atomic mass is 32.2. The Balaban J connectivity index is 0.000000225. The summed E-state index contributed by atoms with van der Waals surface area (Å²) in [7, 11) is 3.52. The van der Waals surface area contributed by atoms with Crippen LogP contribution in [-0.2, 0) is 11.2 Å². The minimum Gasteiger partial charge on any atom is -0.382 e. The fourth-order valence-corrected chi connectivity index (χ4v) is 4.51. The summed E-state index contributed by atoms with van der Waals surface area (Å²) in [6.45, 7) is 1.96. The number of thiazole rings is 2. The van der Waals surface area contributed by atoms with Crippen LogP contribution in [0.1, 0.15) is 16.3 Å². The molecule has 0 fully saturated rings. The van der Waals surface area contributed by atoms with Crippen molar-refractivity contribution in [2.45, 2.75) is 23.7 Å². The van der Waals surface area contributed by atoms with E-state index in [1.165, 1.54) is 35.6 Å². The number of aryl methyl sites for hydroxylation is 1. The summed E-state index contributed by atoms with van der Waals surface area (Å²) in [5.74, 6) is 0.466. The number of alkyl halides is 3. The summed E-state index contributed by atoms with van der Waals surface area (Å²) in [4.78, 5) is 24.1. The number of amidine groups is 1. The van der Waals surface area contributed by atoms with Crippen LogP contribution in [0.25, 0.3) is 10.6 Å². The van der Waals surface area contributed by atoms with Crippen molar-refractivity contribution in [3.63, 3.8) is 0 Å². The molecule has 31 heavy (non-hydrogen) atoms. The number of aromatic nitrogens is 2. The summed E-state index contributed by atoms with van der Waals surface area (Å²) >= 11 is 2.93. The number of benzene rings is 1. The molecule has 2 aromatic heterocycles. The quantitative estimate of drug-likeness (QED) is 0.220. The molecule has 0 spiro atoms. The highest BCUT2D eigenvalue weighted by molar-refractivity contribution is 8.00. The molecule has 3 N–H and O–H groups in total. The zero-order valence-electron chi connectivity index (χ0n) is 16.9. The number of hydrogen-bond donors (Lipinski definition) is 2. The molecule has 0 atom stereocenters. The molecule has 0 saturated carbocycles. The van der Waals surface area contributed by atoms with Crippen LogP contribution >= 0.6 is 34.4 Å². The molecular weight excluding hydrogens is 467 g/mol. The average molecular weight is 488 g/mol. The molecule has 1 aromatic carbocycles. The fourth-order valence-electron chi connectivity index (χ4n) is 2.26. The van der Waals surface area contributed by atoms with Gasteiger partial charge in [0.25, 0.3) is 0 Å². The first kappa shape index (κ1) is 24.8. The van der Waals surface area contributed by atoms with Crippen molar-refractivity contribution >= 4 is 51.7 Å². The van der Waals surface area contributed by atoms with Crippen molar-refractivity contribution in [2.75, 3.05) is 19.4 Å². The van der Waals surface area contributed by atoms with Gasteiger partial charge in [0.2, 0.25) is 0 Å². The maximum atomic E-state index is 11.9. The molecule has 0 aliphatic heterocycles. The lowest BCUT2D eigenvalue weighted by Gasteiger charge is -2.05. The van der Waals surface area contributed by atoms with E-state index < -0.39 is 5.51 Å². The van der Waals surface area contributed by atoms with E-state index in [0.717, 1.165) is 26.4 Å². The number of nitrogens with zero attached hydrogens (tertiary/aromatic N) is 3. The molecule has 0 radical (unpaired) electrons. The van der Waals surface area contributed by atoms with Gasteiger partial charge in [0.15, 0.2) is 16.0 Å². The third kappa shape index (κ3) is 7.64. The number of anilines is 1. The number of aldehydes is 1. The van der Waals surface area contributed by atoms with Crippen LogP contribution in [0.4, 0.5) is 18.3 Å². The van der Waals surface area contributed by atoms with E-state index in [4.69, 9.17) is 5.73 Å². The highest BCUT2D eigenvalue weighted by Crippen LogP contribution is 2.36. The van der Waals surface area contributed by atoms with E-state index in [-0.39, 0.29) is 23.1 Å². The molecule has 0 unspecified atom stereocenters. The van der Waals surface area contributed by atoms with E-state index in [9.17, 15) is 18.0 Å². The van der Waals surface area contributed by atoms with E-state index in [1.807, 2.05) is 19.4 Å². The number of carbonyl (C=O) groups is 1. The van der Waals surface area contributed by atoms with Crippen molar-refractivity contribution < 1.29 is 18.0 Å². The van der Waals surface area contributed by atoms with Gasteiger partial charge in [0, 0.05) is 30.8 Å². The zero-order chi connectivity index (χ0) is 23.0. The molecule has 12 heteroatoms. The second-order valence-corrected chi connectivity index (χ2v) is 8.89. The van der Waals surface area contributed by atoms with Gasteiger partial charge in [-0.15, -0.1) is 22.7 Å². The van der Waals surface area contributed by atoms with Crippen molar-refractivity contribution in [1.82, 2.24) is 9.97 Å². The van der Waals surface area contributed by atoms with Crippen LogP contribution in [0.2, 0.25) is 0 Å². The SMILES string of the molecule is CN=C(N)c1nc(C)c(-c2csc(NC)n2)s1.O=CCc1ccc(SC(F)(F)F)cc1. The van der Waals surface area contributed by atoms with Crippen LogP contribution in [0.5, 0.6) is 0 Å². The first-order valence-corrected chi connectivity index (χ1v) is 11.3. The standard InChI is InChI=1S/C10H13N5S2.C9H7F3OS/c1-5-7(6-4-16-10(13-3)15-6)17-9(14-5)8(11)12-2;10-9(11,12)14-8-3-1-7(2-4-8)5-6-13/h4H,1-3H3,(H2,11,12)(H,13,15);1-4,6H,5H2. The van der Waals surface area contributed by atoms with Gasteiger partial charge < -0.3 is 15.8 Å². The molecule has 0 aliphatic rings. The number of nitrogens with two attached hydrogens (primary N) is 1. The molecular formula is C19H20F3N5OS3.